The summed E-state index contributed by atoms with van der Waals surface area (Å²) in [5, 5.41) is 0. The number of hydrogen-bond donors (Lipinski definition) is 0. The predicted molar refractivity (Wildman–Crippen MR) is 76.8 cm³/mol. The second-order valence-electron chi connectivity index (χ2n) is 5.25. The summed E-state index contributed by atoms with van der Waals surface area (Å²) in [6.45, 7) is 5.59. The highest BCUT2D eigenvalue weighted by atomic mass is 16.5. The Labute approximate surface area is 110 Å². The smallest absolute Gasteiger partial charge is 0.119 e. The minimum atomic E-state index is 0.637. The van der Waals surface area contributed by atoms with Crippen molar-refractivity contribution in [1.29, 1.82) is 0 Å². The maximum Gasteiger partial charge on any atom is 0.119 e. The lowest BCUT2D eigenvalue weighted by atomic mass is 9.97. The number of likely N-dealkylation sites (N-methyl/N-ethyl adjacent to an activating group) is 1. The standard InChI is InChI=1S/C15H24N2O/c1-5-17-11-12(8-9-16(2)3)14-10-13(18-4)6-7-15(14)17/h6-7,10,12H,5,8-9,11H2,1-4H3/t12-/m0/s1. The van der Waals surface area contributed by atoms with E-state index in [1.54, 1.807) is 7.11 Å². The zero-order valence-corrected chi connectivity index (χ0v) is 11.9. The third-order valence-corrected chi connectivity index (χ3v) is 3.76. The summed E-state index contributed by atoms with van der Waals surface area (Å²) in [6.07, 6.45) is 1.21. The average molecular weight is 248 g/mol. The molecule has 0 spiro atoms. The molecule has 0 radical (unpaired) electrons. The van der Waals surface area contributed by atoms with Crippen molar-refractivity contribution in [3.63, 3.8) is 0 Å². The lowest BCUT2D eigenvalue weighted by Gasteiger charge is -2.18. The van der Waals surface area contributed by atoms with Crippen molar-refractivity contribution in [2.75, 3.05) is 45.7 Å². The van der Waals surface area contributed by atoms with Gasteiger partial charge in [0.2, 0.25) is 0 Å². The van der Waals surface area contributed by atoms with Crippen molar-refractivity contribution in [2.45, 2.75) is 19.3 Å². The Balaban J connectivity index is 2.21. The third kappa shape index (κ3) is 2.61. The van der Waals surface area contributed by atoms with Crippen molar-refractivity contribution < 1.29 is 4.74 Å². The molecule has 0 unspecified atom stereocenters. The van der Waals surface area contributed by atoms with Crippen molar-refractivity contribution >= 4 is 5.69 Å². The number of ether oxygens (including phenoxy) is 1. The Morgan fingerprint density at radius 3 is 2.78 bits per heavy atom. The molecular formula is C15H24N2O. The minimum Gasteiger partial charge on any atom is -0.497 e. The van der Waals surface area contributed by atoms with Gasteiger partial charge in [-0.1, -0.05) is 0 Å². The number of nitrogens with zero attached hydrogens (tertiary/aromatic N) is 2. The molecule has 100 valence electrons. The topological polar surface area (TPSA) is 15.7 Å². The minimum absolute atomic E-state index is 0.637. The molecule has 3 nitrogen and oxygen atoms in total. The first-order chi connectivity index (χ1) is 8.65. The molecule has 1 aliphatic heterocycles. The van der Waals surface area contributed by atoms with Gasteiger partial charge in [0, 0.05) is 24.7 Å². The van der Waals surface area contributed by atoms with Crippen LogP contribution < -0.4 is 9.64 Å². The van der Waals surface area contributed by atoms with Crippen LogP contribution in [0.4, 0.5) is 5.69 Å². The first-order valence-electron chi connectivity index (χ1n) is 6.73. The summed E-state index contributed by atoms with van der Waals surface area (Å²) in [7, 11) is 6.02. The molecule has 0 aliphatic carbocycles. The van der Waals surface area contributed by atoms with Gasteiger partial charge < -0.3 is 14.5 Å². The lowest BCUT2D eigenvalue weighted by Crippen LogP contribution is -2.23. The molecule has 18 heavy (non-hydrogen) atoms. The van der Waals surface area contributed by atoms with Crippen LogP contribution in [0.25, 0.3) is 0 Å². The van der Waals surface area contributed by atoms with Crippen LogP contribution in [-0.4, -0.2) is 45.7 Å². The van der Waals surface area contributed by atoms with Crippen LogP contribution in [0, 0.1) is 0 Å². The molecule has 0 N–H and O–H groups in total. The van der Waals surface area contributed by atoms with Gasteiger partial charge in [-0.25, -0.2) is 0 Å². The second kappa shape index (κ2) is 5.61. The highest BCUT2D eigenvalue weighted by Crippen LogP contribution is 2.39. The summed E-state index contributed by atoms with van der Waals surface area (Å²) >= 11 is 0. The highest BCUT2D eigenvalue weighted by molar-refractivity contribution is 5.62. The molecule has 0 aromatic heterocycles. The quantitative estimate of drug-likeness (QED) is 0.796. The number of hydrogen-bond acceptors (Lipinski definition) is 3. The van der Waals surface area contributed by atoms with E-state index < -0.39 is 0 Å². The molecule has 1 heterocycles. The van der Waals surface area contributed by atoms with Crippen LogP contribution in [0.1, 0.15) is 24.8 Å². The molecule has 1 aliphatic rings. The number of rotatable bonds is 5. The fraction of sp³-hybridized carbons (Fsp3) is 0.600. The summed E-state index contributed by atoms with van der Waals surface area (Å²) in [4.78, 5) is 4.73. The summed E-state index contributed by atoms with van der Waals surface area (Å²) in [6, 6.07) is 6.48. The molecular weight excluding hydrogens is 224 g/mol. The van der Waals surface area contributed by atoms with E-state index in [1.807, 2.05) is 0 Å². The monoisotopic (exact) mass is 248 g/mol. The lowest BCUT2D eigenvalue weighted by molar-refractivity contribution is 0.383. The first-order valence-corrected chi connectivity index (χ1v) is 6.73. The molecule has 0 amide bonds. The van der Waals surface area contributed by atoms with Crippen LogP contribution in [0.3, 0.4) is 0 Å². The number of anilines is 1. The molecule has 1 aromatic rings. The van der Waals surface area contributed by atoms with E-state index in [2.05, 4.69) is 49.0 Å². The number of methoxy groups -OCH3 is 1. The Morgan fingerprint density at radius 2 is 2.17 bits per heavy atom. The molecule has 0 bridgehead atoms. The van der Waals surface area contributed by atoms with E-state index >= 15 is 0 Å². The van der Waals surface area contributed by atoms with E-state index in [-0.39, 0.29) is 0 Å². The van der Waals surface area contributed by atoms with Crippen molar-refractivity contribution in [3.8, 4) is 5.75 Å². The van der Waals surface area contributed by atoms with Crippen LogP contribution in [-0.2, 0) is 0 Å². The summed E-state index contributed by atoms with van der Waals surface area (Å²) in [5.41, 5.74) is 2.85. The van der Waals surface area contributed by atoms with Gasteiger partial charge >= 0.3 is 0 Å². The van der Waals surface area contributed by atoms with E-state index in [0.29, 0.717) is 5.92 Å². The number of fused-ring (bicyclic) bond motifs is 1. The van der Waals surface area contributed by atoms with Gasteiger partial charge in [0.1, 0.15) is 5.75 Å². The van der Waals surface area contributed by atoms with Gasteiger partial charge in [0.25, 0.3) is 0 Å². The molecule has 0 saturated heterocycles. The van der Waals surface area contributed by atoms with Crippen molar-refractivity contribution in [1.82, 2.24) is 4.90 Å². The zero-order valence-electron chi connectivity index (χ0n) is 11.9. The molecule has 0 fully saturated rings. The molecule has 3 heteroatoms. The van der Waals surface area contributed by atoms with Crippen LogP contribution in [0.5, 0.6) is 5.75 Å². The summed E-state index contributed by atoms with van der Waals surface area (Å²) in [5.74, 6) is 1.61. The zero-order chi connectivity index (χ0) is 13.1. The summed E-state index contributed by atoms with van der Waals surface area (Å²) < 4.78 is 5.35. The van der Waals surface area contributed by atoms with Gasteiger partial charge in [-0.15, -0.1) is 0 Å². The first kappa shape index (κ1) is 13.2. The van der Waals surface area contributed by atoms with Crippen LogP contribution in [0.15, 0.2) is 18.2 Å². The molecule has 2 rings (SSSR count). The van der Waals surface area contributed by atoms with Gasteiger partial charge in [0.15, 0.2) is 0 Å². The average Bonchev–Trinajstić information content (AvgIpc) is 2.73. The SMILES string of the molecule is CCN1C[C@H](CCN(C)C)c2cc(OC)ccc21. The highest BCUT2D eigenvalue weighted by Gasteiger charge is 2.27. The fourth-order valence-corrected chi connectivity index (χ4v) is 2.70. The fourth-order valence-electron chi connectivity index (χ4n) is 2.70. The van der Waals surface area contributed by atoms with E-state index in [9.17, 15) is 0 Å². The Bertz CT molecular complexity index is 403. The maximum absolute atomic E-state index is 5.35. The van der Waals surface area contributed by atoms with E-state index in [4.69, 9.17) is 4.74 Å². The van der Waals surface area contributed by atoms with Gasteiger partial charge in [-0.3, -0.25) is 0 Å². The predicted octanol–water partition coefficient (Wildman–Crippen LogP) is 2.57. The molecule has 0 saturated carbocycles. The normalized spacial score (nSPS) is 18.3. The van der Waals surface area contributed by atoms with E-state index in [0.717, 1.165) is 25.4 Å². The van der Waals surface area contributed by atoms with Gasteiger partial charge in [0.05, 0.1) is 7.11 Å². The third-order valence-electron chi connectivity index (χ3n) is 3.76. The number of benzene rings is 1. The Hall–Kier alpha value is -1.22. The van der Waals surface area contributed by atoms with E-state index in [1.165, 1.54) is 17.7 Å². The van der Waals surface area contributed by atoms with Crippen molar-refractivity contribution in [2.24, 2.45) is 0 Å². The maximum atomic E-state index is 5.35. The molecule has 1 atom stereocenters. The van der Waals surface area contributed by atoms with Gasteiger partial charge in [-0.05, 0) is 57.7 Å². The largest absolute Gasteiger partial charge is 0.497 e. The Kier molecular flexibility index (Phi) is 4.12. The van der Waals surface area contributed by atoms with Crippen LogP contribution in [0.2, 0.25) is 0 Å². The van der Waals surface area contributed by atoms with Crippen LogP contribution >= 0.6 is 0 Å². The Morgan fingerprint density at radius 1 is 1.39 bits per heavy atom. The van der Waals surface area contributed by atoms with Gasteiger partial charge in [-0.2, -0.15) is 0 Å². The second-order valence-corrected chi connectivity index (χ2v) is 5.25. The molecule has 1 aromatic carbocycles. The van der Waals surface area contributed by atoms with Crippen molar-refractivity contribution in [3.05, 3.63) is 23.8 Å².